The minimum absolute atomic E-state index is 0.970. The van der Waals surface area contributed by atoms with Gasteiger partial charge in [0.2, 0.25) is 0 Å². The van der Waals surface area contributed by atoms with Gasteiger partial charge in [-0.3, -0.25) is 4.57 Å². The van der Waals surface area contributed by atoms with E-state index in [1.54, 1.807) is 0 Å². The summed E-state index contributed by atoms with van der Waals surface area (Å²) in [5.41, 5.74) is 5.70. The lowest BCUT2D eigenvalue weighted by Gasteiger charge is -2.13. The van der Waals surface area contributed by atoms with Crippen LogP contribution >= 0.6 is 0 Å². The number of imidazole rings is 1. The second-order valence-electron chi connectivity index (χ2n) is 8.92. The van der Waals surface area contributed by atoms with Gasteiger partial charge in [0.25, 0.3) is 0 Å². The molecule has 0 aliphatic rings. The van der Waals surface area contributed by atoms with Crippen molar-refractivity contribution in [1.82, 2.24) is 9.55 Å². The van der Waals surface area contributed by atoms with Crippen LogP contribution in [0.2, 0.25) is 0 Å². The van der Waals surface area contributed by atoms with Crippen molar-refractivity contribution in [3.63, 3.8) is 0 Å². The summed E-state index contributed by atoms with van der Waals surface area (Å²) in [5.74, 6) is 0.970. The van der Waals surface area contributed by atoms with Gasteiger partial charge in [-0.2, -0.15) is 0 Å². The van der Waals surface area contributed by atoms with Crippen molar-refractivity contribution in [1.29, 1.82) is 0 Å². The molecular weight excluding hydrogens is 412 g/mol. The van der Waals surface area contributed by atoms with Crippen molar-refractivity contribution in [3.05, 3.63) is 121 Å². The van der Waals surface area contributed by atoms with Crippen LogP contribution in [0.1, 0.15) is 5.56 Å². The summed E-state index contributed by atoms with van der Waals surface area (Å²) >= 11 is 0. The van der Waals surface area contributed by atoms with Crippen LogP contribution in [-0.4, -0.2) is 9.55 Å². The number of aromatic nitrogens is 2. The predicted molar refractivity (Wildman–Crippen MR) is 144 cm³/mol. The standard InChI is InChI=1S/C32H22N2/c1-21-17-19-23(20-18-21)34-31-28-15-7-5-13-26(28)25-12-4-6-14-27(25)30(31)33-32(34)29-16-8-10-22-9-2-3-11-24(22)29/h2-20H,1H3. The molecule has 2 heteroatoms. The van der Waals surface area contributed by atoms with Crippen LogP contribution < -0.4 is 0 Å². The van der Waals surface area contributed by atoms with Gasteiger partial charge in [-0.15, -0.1) is 0 Å². The minimum Gasteiger partial charge on any atom is -0.292 e. The number of hydrogen-bond acceptors (Lipinski definition) is 1. The van der Waals surface area contributed by atoms with E-state index in [1.165, 1.54) is 37.9 Å². The van der Waals surface area contributed by atoms with Crippen LogP contribution in [0.15, 0.2) is 115 Å². The number of nitrogens with zero attached hydrogens (tertiary/aromatic N) is 2. The van der Waals surface area contributed by atoms with E-state index < -0.39 is 0 Å². The van der Waals surface area contributed by atoms with Gasteiger partial charge in [-0.05, 0) is 40.6 Å². The van der Waals surface area contributed by atoms with E-state index in [0.29, 0.717) is 0 Å². The quantitative estimate of drug-likeness (QED) is 0.250. The predicted octanol–water partition coefficient (Wildman–Crippen LogP) is 8.46. The average Bonchev–Trinajstić information content (AvgIpc) is 3.30. The SMILES string of the molecule is Cc1ccc(-n2c(-c3cccc4ccccc34)nc3c4ccccc4c4ccccc4c32)cc1. The molecule has 0 atom stereocenters. The fourth-order valence-corrected chi connectivity index (χ4v) is 5.25. The smallest absolute Gasteiger partial charge is 0.146 e. The summed E-state index contributed by atoms with van der Waals surface area (Å²) in [7, 11) is 0. The van der Waals surface area contributed by atoms with Gasteiger partial charge in [0, 0.05) is 22.0 Å². The zero-order chi connectivity index (χ0) is 22.6. The largest absolute Gasteiger partial charge is 0.292 e. The van der Waals surface area contributed by atoms with Gasteiger partial charge in [0.15, 0.2) is 0 Å². The Morgan fingerprint density at radius 1 is 0.529 bits per heavy atom. The lowest BCUT2D eigenvalue weighted by Crippen LogP contribution is -1.99. The third-order valence-electron chi connectivity index (χ3n) is 6.85. The van der Waals surface area contributed by atoms with Crippen molar-refractivity contribution < 1.29 is 0 Å². The molecule has 160 valence electrons. The van der Waals surface area contributed by atoms with Gasteiger partial charge in [-0.25, -0.2) is 4.98 Å². The lowest BCUT2D eigenvalue weighted by atomic mass is 10.00. The zero-order valence-corrected chi connectivity index (χ0v) is 18.9. The molecule has 0 saturated heterocycles. The Hall–Kier alpha value is -4.43. The minimum atomic E-state index is 0.970. The Balaban J connectivity index is 1.74. The van der Waals surface area contributed by atoms with Gasteiger partial charge >= 0.3 is 0 Å². The van der Waals surface area contributed by atoms with E-state index in [-0.39, 0.29) is 0 Å². The Bertz CT molecular complexity index is 1850. The molecule has 1 aromatic heterocycles. The molecule has 0 N–H and O–H groups in total. The topological polar surface area (TPSA) is 17.8 Å². The summed E-state index contributed by atoms with van der Waals surface area (Å²) in [6.07, 6.45) is 0. The van der Waals surface area contributed by atoms with E-state index in [2.05, 4.69) is 127 Å². The molecule has 0 spiro atoms. The summed E-state index contributed by atoms with van der Waals surface area (Å²) in [5, 5.41) is 7.32. The molecule has 2 nitrogen and oxygen atoms in total. The Morgan fingerprint density at radius 2 is 1.12 bits per heavy atom. The molecule has 0 aliphatic heterocycles. The molecule has 0 aliphatic carbocycles. The first-order valence-corrected chi connectivity index (χ1v) is 11.7. The Kier molecular flexibility index (Phi) is 4.09. The first kappa shape index (κ1) is 19.1. The monoisotopic (exact) mass is 434 g/mol. The maximum absolute atomic E-state index is 5.37. The van der Waals surface area contributed by atoms with Gasteiger partial charge in [-0.1, -0.05) is 109 Å². The Labute approximate surface area is 197 Å². The van der Waals surface area contributed by atoms with E-state index in [1.807, 2.05) is 0 Å². The molecule has 7 aromatic rings. The van der Waals surface area contributed by atoms with Crippen LogP contribution in [0.3, 0.4) is 0 Å². The summed E-state index contributed by atoms with van der Waals surface area (Å²) < 4.78 is 2.35. The molecule has 1 heterocycles. The molecule has 34 heavy (non-hydrogen) atoms. The highest BCUT2D eigenvalue weighted by atomic mass is 15.1. The highest BCUT2D eigenvalue weighted by molar-refractivity contribution is 6.24. The zero-order valence-electron chi connectivity index (χ0n) is 18.9. The number of rotatable bonds is 2. The highest BCUT2D eigenvalue weighted by Gasteiger charge is 2.20. The highest BCUT2D eigenvalue weighted by Crippen LogP contribution is 2.40. The molecule has 0 saturated carbocycles. The van der Waals surface area contributed by atoms with Crippen LogP contribution in [-0.2, 0) is 0 Å². The van der Waals surface area contributed by atoms with E-state index in [0.717, 1.165) is 28.1 Å². The second-order valence-corrected chi connectivity index (χ2v) is 8.92. The van der Waals surface area contributed by atoms with Gasteiger partial charge < -0.3 is 0 Å². The molecule has 0 bridgehead atoms. The van der Waals surface area contributed by atoms with Crippen molar-refractivity contribution in [2.24, 2.45) is 0 Å². The molecule has 0 fully saturated rings. The van der Waals surface area contributed by atoms with Crippen LogP contribution in [0.25, 0.3) is 60.4 Å². The fraction of sp³-hybridized carbons (Fsp3) is 0.0312. The van der Waals surface area contributed by atoms with E-state index in [4.69, 9.17) is 4.98 Å². The average molecular weight is 435 g/mol. The third-order valence-corrected chi connectivity index (χ3v) is 6.85. The van der Waals surface area contributed by atoms with E-state index >= 15 is 0 Å². The summed E-state index contributed by atoms with van der Waals surface area (Å²) in [6, 6.07) is 41.1. The van der Waals surface area contributed by atoms with Crippen LogP contribution in [0.4, 0.5) is 0 Å². The molecular formula is C32H22N2. The third kappa shape index (κ3) is 2.72. The van der Waals surface area contributed by atoms with Crippen molar-refractivity contribution in [2.45, 2.75) is 6.92 Å². The van der Waals surface area contributed by atoms with Crippen molar-refractivity contribution in [3.8, 4) is 17.1 Å². The summed E-state index contributed by atoms with van der Waals surface area (Å²) in [6.45, 7) is 2.13. The first-order valence-electron chi connectivity index (χ1n) is 11.7. The maximum Gasteiger partial charge on any atom is 0.146 e. The molecule has 0 radical (unpaired) electrons. The number of hydrogen-bond donors (Lipinski definition) is 0. The lowest BCUT2D eigenvalue weighted by molar-refractivity contribution is 1.11. The molecule has 0 amide bonds. The molecule has 7 rings (SSSR count). The summed E-state index contributed by atoms with van der Waals surface area (Å²) in [4.78, 5) is 5.37. The number of aryl methyl sites for hydroxylation is 1. The maximum atomic E-state index is 5.37. The first-order chi connectivity index (χ1) is 16.8. The van der Waals surface area contributed by atoms with Gasteiger partial charge in [0.05, 0.1) is 11.0 Å². The van der Waals surface area contributed by atoms with Gasteiger partial charge in [0.1, 0.15) is 5.82 Å². The van der Waals surface area contributed by atoms with Crippen molar-refractivity contribution in [2.75, 3.05) is 0 Å². The molecule has 0 unspecified atom stereocenters. The van der Waals surface area contributed by atoms with Crippen molar-refractivity contribution >= 4 is 43.4 Å². The van der Waals surface area contributed by atoms with Crippen LogP contribution in [0, 0.1) is 6.92 Å². The Morgan fingerprint density at radius 3 is 1.88 bits per heavy atom. The van der Waals surface area contributed by atoms with E-state index in [9.17, 15) is 0 Å². The van der Waals surface area contributed by atoms with Crippen LogP contribution in [0.5, 0.6) is 0 Å². The number of benzene rings is 6. The molecule has 6 aromatic carbocycles. The second kappa shape index (κ2) is 7.29. The fourth-order valence-electron chi connectivity index (χ4n) is 5.25. The normalized spacial score (nSPS) is 11.7. The number of fused-ring (bicyclic) bond motifs is 7.